The predicted molar refractivity (Wildman–Crippen MR) is 54.8 cm³/mol. The van der Waals surface area contributed by atoms with Gasteiger partial charge in [-0.3, -0.25) is 4.55 Å². The first kappa shape index (κ1) is 11.5. The third-order valence-electron chi connectivity index (χ3n) is 1.70. The van der Waals surface area contributed by atoms with Gasteiger partial charge in [-0.2, -0.15) is 8.42 Å². The van der Waals surface area contributed by atoms with Crippen molar-refractivity contribution in [1.82, 2.24) is 0 Å². The first-order valence-electron chi connectivity index (χ1n) is 4.08. The molecule has 4 nitrogen and oxygen atoms in total. The van der Waals surface area contributed by atoms with E-state index in [0.29, 0.717) is 11.5 Å². The second-order valence-corrected chi connectivity index (χ2v) is 5.57. The largest absolute Gasteiger partial charge is 0.491 e. The smallest absolute Gasteiger partial charge is 0.299 e. The molecule has 0 aliphatic carbocycles. The van der Waals surface area contributed by atoms with Gasteiger partial charge in [0, 0.05) is 9.75 Å². The summed E-state index contributed by atoms with van der Waals surface area (Å²) >= 11 is 1.30. The minimum Gasteiger partial charge on any atom is -0.491 e. The van der Waals surface area contributed by atoms with Crippen molar-refractivity contribution in [3.63, 3.8) is 0 Å². The Labute approximate surface area is 87.3 Å². The summed E-state index contributed by atoms with van der Waals surface area (Å²) in [5, 5.41) is 0. The number of hydrogen-bond donors (Lipinski definition) is 1. The molecular formula is C8H12O4S2. The maximum atomic E-state index is 11.0. The van der Waals surface area contributed by atoms with Crippen LogP contribution in [0.15, 0.2) is 4.90 Å². The molecule has 0 fully saturated rings. The van der Waals surface area contributed by atoms with Crippen LogP contribution < -0.4 is 4.74 Å². The maximum absolute atomic E-state index is 11.0. The molecule has 0 radical (unpaired) electrons. The first-order valence-corrected chi connectivity index (χ1v) is 6.33. The van der Waals surface area contributed by atoms with Gasteiger partial charge in [0.1, 0.15) is 4.90 Å². The van der Waals surface area contributed by atoms with Crippen LogP contribution in [0.25, 0.3) is 0 Å². The van der Waals surface area contributed by atoms with Crippen LogP contribution in [-0.2, 0) is 10.1 Å². The molecule has 14 heavy (non-hydrogen) atoms. The summed E-state index contributed by atoms with van der Waals surface area (Å²) in [5.74, 6) is 0.275. The van der Waals surface area contributed by atoms with Crippen LogP contribution >= 0.6 is 11.3 Å². The van der Waals surface area contributed by atoms with Gasteiger partial charge in [0.15, 0.2) is 5.75 Å². The molecule has 0 bridgehead atoms. The number of aryl methyl sites for hydroxylation is 2. The SMILES string of the molecule is CCOc1c(C)sc(C)c1S(=O)(=O)O. The van der Waals surface area contributed by atoms with Gasteiger partial charge in [0.25, 0.3) is 10.1 Å². The van der Waals surface area contributed by atoms with E-state index >= 15 is 0 Å². The quantitative estimate of drug-likeness (QED) is 0.815. The van der Waals surface area contributed by atoms with E-state index < -0.39 is 10.1 Å². The minimum atomic E-state index is -4.18. The standard InChI is InChI=1S/C8H12O4S2/c1-4-12-7-5(2)13-6(3)8(7)14(9,10)11/h4H2,1-3H3,(H,9,10,11). The summed E-state index contributed by atoms with van der Waals surface area (Å²) in [6.07, 6.45) is 0. The summed E-state index contributed by atoms with van der Waals surface area (Å²) in [4.78, 5) is 1.22. The number of rotatable bonds is 3. The molecule has 0 atom stereocenters. The molecule has 0 unspecified atom stereocenters. The van der Waals surface area contributed by atoms with Crippen LogP contribution in [-0.4, -0.2) is 19.6 Å². The Balaban J connectivity index is 3.40. The van der Waals surface area contributed by atoms with Crippen LogP contribution in [0, 0.1) is 13.8 Å². The van der Waals surface area contributed by atoms with Gasteiger partial charge < -0.3 is 4.74 Å². The monoisotopic (exact) mass is 236 g/mol. The van der Waals surface area contributed by atoms with Crippen molar-refractivity contribution in [1.29, 1.82) is 0 Å². The van der Waals surface area contributed by atoms with E-state index in [1.54, 1.807) is 20.8 Å². The lowest BCUT2D eigenvalue weighted by molar-refractivity contribution is 0.329. The average Bonchev–Trinajstić information content (AvgIpc) is 2.26. The normalized spacial score (nSPS) is 11.7. The molecule has 0 aromatic carbocycles. The Kier molecular flexibility index (Phi) is 3.18. The Morgan fingerprint density at radius 2 is 1.93 bits per heavy atom. The summed E-state index contributed by atoms with van der Waals surface area (Å²) in [6.45, 7) is 5.54. The van der Waals surface area contributed by atoms with Gasteiger partial charge >= 0.3 is 0 Å². The van der Waals surface area contributed by atoms with E-state index in [4.69, 9.17) is 9.29 Å². The van der Waals surface area contributed by atoms with Gasteiger partial charge in [-0.15, -0.1) is 11.3 Å². The van der Waals surface area contributed by atoms with Crippen molar-refractivity contribution in [2.75, 3.05) is 6.61 Å². The second-order valence-electron chi connectivity index (χ2n) is 2.78. The highest BCUT2D eigenvalue weighted by atomic mass is 32.2. The Bertz CT molecular complexity index is 430. The predicted octanol–water partition coefficient (Wildman–Crippen LogP) is 2.01. The Morgan fingerprint density at radius 3 is 2.36 bits per heavy atom. The van der Waals surface area contributed by atoms with Gasteiger partial charge in [-0.1, -0.05) is 0 Å². The van der Waals surface area contributed by atoms with E-state index in [2.05, 4.69) is 0 Å². The fourth-order valence-corrected chi connectivity index (χ4v) is 3.47. The molecule has 1 aromatic heterocycles. The van der Waals surface area contributed by atoms with Crippen LogP contribution in [0.1, 0.15) is 16.7 Å². The van der Waals surface area contributed by atoms with E-state index in [1.165, 1.54) is 11.3 Å². The second kappa shape index (κ2) is 3.88. The van der Waals surface area contributed by atoms with Crippen molar-refractivity contribution >= 4 is 21.5 Å². The van der Waals surface area contributed by atoms with Gasteiger partial charge in [0.05, 0.1) is 6.61 Å². The van der Waals surface area contributed by atoms with E-state index in [-0.39, 0.29) is 10.6 Å². The fourth-order valence-electron chi connectivity index (χ4n) is 1.25. The van der Waals surface area contributed by atoms with Crippen molar-refractivity contribution in [3.05, 3.63) is 9.75 Å². The molecule has 0 saturated carbocycles. The molecular weight excluding hydrogens is 224 g/mol. The summed E-state index contributed by atoms with van der Waals surface area (Å²) < 4.78 is 36.3. The summed E-state index contributed by atoms with van der Waals surface area (Å²) in [6, 6.07) is 0. The molecule has 0 spiro atoms. The lowest BCUT2D eigenvalue weighted by Gasteiger charge is -2.04. The minimum absolute atomic E-state index is 0.0955. The van der Waals surface area contributed by atoms with Gasteiger partial charge in [-0.25, -0.2) is 0 Å². The van der Waals surface area contributed by atoms with Gasteiger partial charge in [0.2, 0.25) is 0 Å². The topological polar surface area (TPSA) is 63.6 Å². The zero-order valence-corrected chi connectivity index (χ0v) is 9.83. The Morgan fingerprint density at radius 1 is 1.36 bits per heavy atom. The third-order valence-corrected chi connectivity index (χ3v) is 3.84. The van der Waals surface area contributed by atoms with Crippen molar-refractivity contribution < 1.29 is 17.7 Å². The van der Waals surface area contributed by atoms with Crippen molar-refractivity contribution in [2.45, 2.75) is 25.7 Å². The van der Waals surface area contributed by atoms with E-state index in [9.17, 15) is 8.42 Å². The lowest BCUT2D eigenvalue weighted by atomic mass is 10.4. The molecule has 0 amide bonds. The molecule has 0 aliphatic rings. The first-order chi connectivity index (χ1) is 6.38. The number of hydrogen-bond acceptors (Lipinski definition) is 4. The Hall–Kier alpha value is -0.590. The highest BCUT2D eigenvalue weighted by molar-refractivity contribution is 7.86. The summed E-state index contributed by atoms with van der Waals surface area (Å²) in [7, 11) is -4.18. The van der Waals surface area contributed by atoms with Crippen LogP contribution in [0.3, 0.4) is 0 Å². The van der Waals surface area contributed by atoms with E-state index in [0.717, 1.165) is 4.88 Å². The van der Waals surface area contributed by atoms with E-state index in [1.807, 2.05) is 0 Å². The number of thiophene rings is 1. The maximum Gasteiger partial charge on any atom is 0.299 e. The molecule has 1 rings (SSSR count). The van der Waals surface area contributed by atoms with Crippen LogP contribution in [0.2, 0.25) is 0 Å². The van der Waals surface area contributed by atoms with Gasteiger partial charge in [-0.05, 0) is 20.8 Å². The van der Waals surface area contributed by atoms with Crippen LogP contribution in [0.5, 0.6) is 5.75 Å². The third kappa shape index (κ3) is 2.08. The highest BCUT2D eigenvalue weighted by Crippen LogP contribution is 2.37. The fraction of sp³-hybridized carbons (Fsp3) is 0.500. The zero-order chi connectivity index (χ0) is 10.9. The molecule has 1 N–H and O–H groups in total. The van der Waals surface area contributed by atoms with Crippen LogP contribution in [0.4, 0.5) is 0 Å². The lowest BCUT2D eigenvalue weighted by Crippen LogP contribution is -2.02. The van der Waals surface area contributed by atoms with Crippen molar-refractivity contribution in [2.24, 2.45) is 0 Å². The average molecular weight is 236 g/mol. The molecule has 1 heterocycles. The zero-order valence-electron chi connectivity index (χ0n) is 8.20. The highest BCUT2D eigenvalue weighted by Gasteiger charge is 2.24. The van der Waals surface area contributed by atoms with Crippen molar-refractivity contribution in [3.8, 4) is 5.75 Å². The molecule has 1 aromatic rings. The molecule has 0 aliphatic heterocycles. The number of ether oxygens (including phenoxy) is 1. The summed E-state index contributed by atoms with van der Waals surface area (Å²) in [5.41, 5.74) is 0. The molecule has 80 valence electrons. The molecule has 0 saturated heterocycles. The molecule has 6 heteroatoms.